The molecule has 4 rings (SSSR count). The monoisotopic (exact) mass is 543 g/mol. The van der Waals surface area contributed by atoms with Crippen LogP contribution in [0.5, 0.6) is 0 Å². The fraction of sp³-hybridized carbons (Fsp3) is 0.370. The Hall–Kier alpha value is -4.22. The summed E-state index contributed by atoms with van der Waals surface area (Å²) in [4.78, 5) is 47.0. The second-order valence-electron chi connectivity index (χ2n) is 10.3. The molecule has 2 N–H and O–H groups in total. The average Bonchev–Trinajstić information content (AvgIpc) is 3.35. The van der Waals surface area contributed by atoms with Crippen LogP contribution in [-0.4, -0.2) is 48.9 Å². The van der Waals surface area contributed by atoms with E-state index in [4.69, 9.17) is 10.5 Å². The first-order valence-corrected chi connectivity index (χ1v) is 12.2. The molecule has 0 saturated carbocycles. The summed E-state index contributed by atoms with van der Waals surface area (Å²) in [5, 5.41) is 0. The van der Waals surface area contributed by atoms with E-state index in [0.29, 0.717) is 16.8 Å². The molecule has 1 aromatic carbocycles. The molecule has 12 heteroatoms. The lowest BCUT2D eigenvalue weighted by Crippen LogP contribution is -2.45. The normalized spacial score (nSPS) is 14.3. The molecule has 1 aliphatic rings. The Morgan fingerprint density at radius 1 is 1.15 bits per heavy atom. The van der Waals surface area contributed by atoms with Crippen LogP contribution in [0.25, 0.3) is 22.6 Å². The van der Waals surface area contributed by atoms with Gasteiger partial charge in [0.1, 0.15) is 11.6 Å². The van der Waals surface area contributed by atoms with Crippen molar-refractivity contribution in [2.24, 2.45) is 12.8 Å². The van der Waals surface area contributed by atoms with Crippen LogP contribution in [0.2, 0.25) is 0 Å². The second-order valence-corrected chi connectivity index (χ2v) is 10.3. The highest BCUT2D eigenvalue weighted by molar-refractivity contribution is 6.01. The van der Waals surface area contributed by atoms with Crippen molar-refractivity contribution >= 4 is 17.8 Å². The number of alkyl halides is 3. The van der Waals surface area contributed by atoms with Crippen molar-refractivity contribution in [2.45, 2.75) is 58.0 Å². The Morgan fingerprint density at radius 2 is 1.87 bits per heavy atom. The van der Waals surface area contributed by atoms with Crippen LogP contribution in [0.1, 0.15) is 55.4 Å². The maximum absolute atomic E-state index is 13.7. The van der Waals surface area contributed by atoms with Gasteiger partial charge in [-0.25, -0.2) is 4.98 Å². The van der Waals surface area contributed by atoms with E-state index in [1.165, 1.54) is 30.3 Å². The molecule has 2 amide bonds. The molecular weight excluding hydrogens is 515 g/mol. The molecule has 39 heavy (non-hydrogen) atoms. The standard InChI is InChI=1S/C27H28F3N5O4/c1-26(2,3)39-20(36)11-10-19(23(31)37)35-14-16-13-15(8-9-17(16)24(35)38)21-22(18-7-5-6-12-32-18)34(4)25(33-21)27(28,29)30/h5-9,12-13,19H,10-11,14H2,1-4H3,(H2,31,37). The van der Waals surface area contributed by atoms with Gasteiger partial charge in [-0.3, -0.25) is 19.4 Å². The molecule has 3 heterocycles. The average molecular weight is 544 g/mol. The molecule has 0 spiro atoms. The topological polar surface area (TPSA) is 120 Å². The fourth-order valence-electron chi connectivity index (χ4n) is 4.59. The lowest BCUT2D eigenvalue weighted by molar-refractivity contribution is -0.155. The van der Waals surface area contributed by atoms with Crippen LogP contribution >= 0.6 is 0 Å². The molecule has 1 unspecified atom stereocenters. The largest absolute Gasteiger partial charge is 0.460 e. The number of nitrogens with zero attached hydrogens (tertiary/aromatic N) is 4. The summed E-state index contributed by atoms with van der Waals surface area (Å²) in [6.07, 6.45) is -3.39. The van der Waals surface area contributed by atoms with Gasteiger partial charge in [0.15, 0.2) is 0 Å². The van der Waals surface area contributed by atoms with E-state index in [9.17, 15) is 27.6 Å². The molecule has 2 aromatic heterocycles. The summed E-state index contributed by atoms with van der Waals surface area (Å²) in [5.74, 6) is -2.87. The zero-order valence-electron chi connectivity index (χ0n) is 21.9. The molecule has 3 aromatic rings. The quantitative estimate of drug-likeness (QED) is 0.448. The molecule has 1 atom stereocenters. The molecule has 9 nitrogen and oxygen atoms in total. The number of hydrogen-bond acceptors (Lipinski definition) is 6. The molecule has 206 valence electrons. The Kier molecular flexibility index (Phi) is 7.24. The van der Waals surface area contributed by atoms with Gasteiger partial charge in [0, 0.05) is 37.3 Å². The maximum atomic E-state index is 13.7. The summed E-state index contributed by atoms with van der Waals surface area (Å²) >= 11 is 0. The van der Waals surface area contributed by atoms with Gasteiger partial charge in [-0.1, -0.05) is 12.1 Å². The van der Waals surface area contributed by atoms with Gasteiger partial charge in [-0.2, -0.15) is 13.2 Å². The summed E-state index contributed by atoms with van der Waals surface area (Å²) in [6, 6.07) is 8.40. The number of amides is 2. The number of carbonyl (C=O) groups is 3. The number of pyridine rings is 1. The molecule has 0 saturated heterocycles. The highest BCUT2D eigenvalue weighted by atomic mass is 19.4. The minimum atomic E-state index is -4.71. The SMILES string of the molecule is Cn1c(C(F)(F)F)nc(-c2ccc3c(c2)CN(C(CCC(=O)OC(C)(C)C)C(N)=O)C3=O)c1-c1ccccn1. The number of hydrogen-bond donors (Lipinski definition) is 1. The van der Waals surface area contributed by atoms with E-state index in [1.54, 1.807) is 45.0 Å². The summed E-state index contributed by atoms with van der Waals surface area (Å²) < 4.78 is 47.5. The van der Waals surface area contributed by atoms with Crippen molar-refractivity contribution in [1.82, 2.24) is 19.4 Å². The highest BCUT2D eigenvalue weighted by Gasteiger charge is 2.40. The predicted octanol–water partition coefficient (Wildman–Crippen LogP) is 4.10. The predicted molar refractivity (Wildman–Crippen MR) is 135 cm³/mol. The summed E-state index contributed by atoms with van der Waals surface area (Å²) in [7, 11) is 1.27. The van der Waals surface area contributed by atoms with E-state index in [-0.39, 0.29) is 36.3 Å². The highest BCUT2D eigenvalue weighted by Crippen LogP contribution is 2.39. The minimum Gasteiger partial charge on any atom is -0.460 e. The first kappa shape index (κ1) is 27.8. The van der Waals surface area contributed by atoms with E-state index < -0.39 is 41.4 Å². The Bertz CT molecular complexity index is 1430. The van der Waals surface area contributed by atoms with Gasteiger partial charge in [0.05, 0.1) is 17.1 Å². The number of imidazole rings is 1. The molecule has 0 fully saturated rings. The maximum Gasteiger partial charge on any atom is 0.449 e. The first-order chi connectivity index (χ1) is 18.2. The lowest BCUT2D eigenvalue weighted by atomic mass is 10.0. The van der Waals surface area contributed by atoms with E-state index in [0.717, 1.165) is 4.57 Å². The van der Waals surface area contributed by atoms with Crippen molar-refractivity contribution < 1.29 is 32.3 Å². The van der Waals surface area contributed by atoms with Gasteiger partial charge in [0.2, 0.25) is 11.7 Å². The molecule has 1 aliphatic heterocycles. The number of rotatable bonds is 7. The smallest absolute Gasteiger partial charge is 0.449 e. The molecule has 0 radical (unpaired) electrons. The molecule has 0 aliphatic carbocycles. The van der Waals surface area contributed by atoms with E-state index >= 15 is 0 Å². The first-order valence-electron chi connectivity index (χ1n) is 12.2. The van der Waals surface area contributed by atoms with Crippen molar-refractivity contribution in [3.8, 4) is 22.6 Å². The van der Waals surface area contributed by atoms with Crippen LogP contribution in [0.3, 0.4) is 0 Å². The number of fused-ring (bicyclic) bond motifs is 1. The number of benzene rings is 1. The number of halogens is 3. The third-order valence-corrected chi connectivity index (χ3v) is 6.21. The molecular formula is C27H28F3N5O4. The van der Waals surface area contributed by atoms with Crippen LogP contribution in [-0.2, 0) is 34.1 Å². The van der Waals surface area contributed by atoms with E-state index in [2.05, 4.69) is 9.97 Å². The lowest BCUT2D eigenvalue weighted by Gasteiger charge is -2.25. The number of primary amides is 1. The second kappa shape index (κ2) is 10.2. The van der Waals surface area contributed by atoms with Gasteiger partial charge in [0.25, 0.3) is 5.91 Å². The Labute approximate surface area is 222 Å². The Balaban J connectivity index is 1.67. The van der Waals surface area contributed by atoms with Crippen molar-refractivity contribution in [3.63, 3.8) is 0 Å². The summed E-state index contributed by atoms with van der Waals surface area (Å²) in [6.45, 7) is 5.13. The van der Waals surface area contributed by atoms with Gasteiger partial charge >= 0.3 is 12.1 Å². The van der Waals surface area contributed by atoms with Crippen molar-refractivity contribution in [1.29, 1.82) is 0 Å². The van der Waals surface area contributed by atoms with E-state index in [1.807, 2.05) is 0 Å². The van der Waals surface area contributed by atoms with Gasteiger partial charge < -0.3 is 19.9 Å². The fourth-order valence-corrected chi connectivity index (χ4v) is 4.59. The Morgan fingerprint density at radius 3 is 2.46 bits per heavy atom. The number of aromatic nitrogens is 3. The zero-order valence-corrected chi connectivity index (χ0v) is 21.9. The van der Waals surface area contributed by atoms with Crippen LogP contribution < -0.4 is 5.73 Å². The van der Waals surface area contributed by atoms with Gasteiger partial charge in [-0.15, -0.1) is 0 Å². The number of ether oxygens (including phenoxy) is 1. The van der Waals surface area contributed by atoms with Crippen LogP contribution in [0.4, 0.5) is 13.2 Å². The number of carbonyl (C=O) groups excluding carboxylic acids is 3. The number of esters is 1. The van der Waals surface area contributed by atoms with Crippen molar-refractivity contribution in [2.75, 3.05) is 0 Å². The third kappa shape index (κ3) is 5.79. The summed E-state index contributed by atoms with van der Waals surface area (Å²) in [5.41, 5.74) is 6.51. The minimum absolute atomic E-state index is 0.0121. The van der Waals surface area contributed by atoms with Gasteiger partial charge in [-0.05, 0) is 57.0 Å². The third-order valence-electron chi connectivity index (χ3n) is 6.21. The zero-order chi connectivity index (χ0) is 28.7. The number of nitrogens with two attached hydrogens (primary N) is 1. The van der Waals surface area contributed by atoms with Crippen molar-refractivity contribution in [3.05, 3.63) is 59.5 Å². The van der Waals surface area contributed by atoms with Crippen LogP contribution in [0, 0.1) is 0 Å². The van der Waals surface area contributed by atoms with Crippen LogP contribution in [0.15, 0.2) is 42.6 Å². The molecule has 0 bridgehead atoms.